The summed E-state index contributed by atoms with van der Waals surface area (Å²) in [5, 5.41) is 13.6. The Hall–Kier alpha value is -2.05. The number of carbonyl (C=O) groups is 1. The average Bonchev–Trinajstić information content (AvgIpc) is 3.01. The molecule has 1 fully saturated rings. The van der Waals surface area contributed by atoms with Gasteiger partial charge in [0.1, 0.15) is 19.0 Å². The molecule has 2 aliphatic rings. The Kier molecular flexibility index (Phi) is 3.94. The number of hydrogen-bond donors (Lipinski definition) is 1. The van der Waals surface area contributed by atoms with Gasteiger partial charge in [0, 0.05) is 30.1 Å². The molecule has 6 nitrogen and oxygen atoms in total. The highest BCUT2D eigenvalue weighted by molar-refractivity contribution is 6.30. The molecular formula is C17H17ClN2O4. The van der Waals surface area contributed by atoms with E-state index in [4.69, 9.17) is 26.0 Å². The number of aliphatic hydroxyl groups is 1. The van der Waals surface area contributed by atoms with Gasteiger partial charge in [-0.3, -0.25) is 4.79 Å². The van der Waals surface area contributed by atoms with Crippen molar-refractivity contribution in [3.63, 3.8) is 0 Å². The van der Waals surface area contributed by atoms with Gasteiger partial charge in [-0.25, -0.2) is 0 Å². The second-order valence-electron chi connectivity index (χ2n) is 6.28. The van der Waals surface area contributed by atoms with E-state index in [2.05, 4.69) is 5.16 Å². The molecule has 126 valence electrons. The Bertz CT molecular complexity index is 770. The maximum Gasteiger partial charge on any atom is 0.229 e. The summed E-state index contributed by atoms with van der Waals surface area (Å²) < 4.78 is 10.7. The van der Waals surface area contributed by atoms with Crippen molar-refractivity contribution in [2.45, 2.75) is 18.9 Å². The first-order valence-electron chi connectivity index (χ1n) is 7.90. The van der Waals surface area contributed by atoms with Gasteiger partial charge in [-0.1, -0.05) is 16.8 Å². The van der Waals surface area contributed by atoms with E-state index in [-0.39, 0.29) is 24.3 Å². The fourth-order valence-corrected chi connectivity index (χ4v) is 3.42. The minimum absolute atomic E-state index is 0.0998. The van der Waals surface area contributed by atoms with Crippen LogP contribution in [0.3, 0.4) is 0 Å². The smallest absolute Gasteiger partial charge is 0.229 e. The monoisotopic (exact) mass is 348 g/mol. The standard InChI is InChI=1S/C17H17ClN2O4/c18-13-1-2-16-10(4-13)3-11(9-23-16)17(22)20-6-12(7-20)15-5-14(8-21)24-19-15/h1-2,4-5,11-12,21H,3,6-9H2. The van der Waals surface area contributed by atoms with Gasteiger partial charge in [-0.2, -0.15) is 0 Å². The third-order valence-corrected chi connectivity index (χ3v) is 4.86. The number of rotatable bonds is 3. The quantitative estimate of drug-likeness (QED) is 0.918. The molecule has 1 aromatic heterocycles. The lowest BCUT2D eigenvalue weighted by atomic mass is 9.91. The minimum Gasteiger partial charge on any atom is -0.492 e. The second-order valence-corrected chi connectivity index (χ2v) is 6.72. The summed E-state index contributed by atoms with van der Waals surface area (Å²) in [6, 6.07) is 7.25. The van der Waals surface area contributed by atoms with E-state index in [9.17, 15) is 4.79 Å². The van der Waals surface area contributed by atoms with Crippen LogP contribution in [0.25, 0.3) is 0 Å². The minimum atomic E-state index is -0.178. The maximum absolute atomic E-state index is 12.6. The van der Waals surface area contributed by atoms with Crippen LogP contribution in [0.15, 0.2) is 28.8 Å². The van der Waals surface area contributed by atoms with Crippen LogP contribution in [0.5, 0.6) is 5.75 Å². The zero-order valence-electron chi connectivity index (χ0n) is 12.9. The molecule has 0 spiro atoms. The Morgan fingerprint density at radius 2 is 2.21 bits per heavy atom. The van der Waals surface area contributed by atoms with Crippen molar-refractivity contribution in [2.75, 3.05) is 19.7 Å². The van der Waals surface area contributed by atoms with Gasteiger partial charge in [0.05, 0.1) is 11.6 Å². The van der Waals surface area contributed by atoms with Crippen molar-refractivity contribution in [2.24, 2.45) is 5.92 Å². The van der Waals surface area contributed by atoms with Crippen LogP contribution >= 0.6 is 11.6 Å². The Labute approximate surface area is 143 Å². The van der Waals surface area contributed by atoms with Crippen LogP contribution in [-0.2, 0) is 17.8 Å². The third kappa shape index (κ3) is 2.76. The number of fused-ring (bicyclic) bond motifs is 1. The Morgan fingerprint density at radius 1 is 1.38 bits per heavy atom. The van der Waals surface area contributed by atoms with Crippen LogP contribution in [0.4, 0.5) is 0 Å². The largest absolute Gasteiger partial charge is 0.492 e. The lowest BCUT2D eigenvalue weighted by Gasteiger charge is -2.40. The highest BCUT2D eigenvalue weighted by Crippen LogP contribution is 2.33. The molecule has 7 heteroatoms. The van der Waals surface area contributed by atoms with Crippen molar-refractivity contribution >= 4 is 17.5 Å². The van der Waals surface area contributed by atoms with Crippen molar-refractivity contribution in [3.8, 4) is 5.75 Å². The first-order chi connectivity index (χ1) is 11.6. The van der Waals surface area contributed by atoms with Gasteiger partial charge in [-0.15, -0.1) is 0 Å². The molecule has 1 amide bonds. The molecule has 4 rings (SSSR count). The van der Waals surface area contributed by atoms with Crippen molar-refractivity contribution in [3.05, 3.63) is 46.3 Å². The molecule has 1 saturated heterocycles. The van der Waals surface area contributed by atoms with E-state index in [0.29, 0.717) is 36.9 Å². The number of likely N-dealkylation sites (tertiary alicyclic amines) is 1. The number of aromatic nitrogens is 1. The van der Waals surface area contributed by atoms with E-state index in [1.54, 1.807) is 12.1 Å². The Balaban J connectivity index is 1.38. The molecular weight excluding hydrogens is 332 g/mol. The zero-order chi connectivity index (χ0) is 16.7. The van der Waals surface area contributed by atoms with Crippen molar-refractivity contribution in [1.29, 1.82) is 0 Å². The van der Waals surface area contributed by atoms with Crippen molar-refractivity contribution in [1.82, 2.24) is 10.1 Å². The molecule has 0 radical (unpaired) electrons. The first-order valence-corrected chi connectivity index (χ1v) is 8.28. The summed E-state index contributed by atoms with van der Waals surface area (Å²) >= 11 is 6.02. The fraction of sp³-hybridized carbons (Fsp3) is 0.412. The molecule has 1 unspecified atom stereocenters. The molecule has 0 bridgehead atoms. The fourth-order valence-electron chi connectivity index (χ4n) is 3.22. The van der Waals surface area contributed by atoms with Crippen LogP contribution in [0, 0.1) is 5.92 Å². The molecule has 1 aromatic carbocycles. The number of hydrogen-bond acceptors (Lipinski definition) is 5. The number of ether oxygens (including phenoxy) is 1. The van der Waals surface area contributed by atoms with Gasteiger partial charge in [-0.05, 0) is 30.2 Å². The van der Waals surface area contributed by atoms with Crippen LogP contribution in [0.1, 0.15) is 22.9 Å². The average molecular weight is 349 g/mol. The van der Waals surface area contributed by atoms with Crippen LogP contribution in [-0.4, -0.2) is 40.8 Å². The van der Waals surface area contributed by atoms with E-state index < -0.39 is 0 Å². The summed E-state index contributed by atoms with van der Waals surface area (Å²) in [5.41, 5.74) is 1.77. The molecule has 1 atom stereocenters. The van der Waals surface area contributed by atoms with Gasteiger partial charge < -0.3 is 19.3 Å². The summed E-state index contributed by atoms with van der Waals surface area (Å²) in [6.07, 6.45) is 0.647. The van der Waals surface area contributed by atoms with Crippen LogP contribution in [0.2, 0.25) is 5.02 Å². The number of aliphatic hydroxyl groups excluding tert-OH is 1. The zero-order valence-corrected chi connectivity index (χ0v) is 13.7. The molecule has 24 heavy (non-hydrogen) atoms. The number of benzene rings is 1. The Morgan fingerprint density at radius 3 is 2.96 bits per heavy atom. The predicted octanol–water partition coefficient (Wildman–Crippen LogP) is 2.00. The summed E-state index contributed by atoms with van der Waals surface area (Å²) in [6.45, 7) is 1.47. The molecule has 0 saturated carbocycles. The molecule has 2 aliphatic heterocycles. The summed E-state index contributed by atoms with van der Waals surface area (Å²) in [7, 11) is 0. The van der Waals surface area contributed by atoms with E-state index in [1.165, 1.54) is 0 Å². The third-order valence-electron chi connectivity index (χ3n) is 4.62. The van der Waals surface area contributed by atoms with Gasteiger partial charge in [0.15, 0.2) is 5.76 Å². The first kappa shape index (κ1) is 15.5. The number of nitrogens with zero attached hydrogens (tertiary/aromatic N) is 2. The normalized spacial score (nSPS) is 20.2. The predicted molar refractivity (Wildman–Crippen MR) is 85.9 cm³/mol. The van der Waals surface area contributed by atoms with E-state index >= 15 is 0 Å². The van der Waals surface area contributed by atoms with Crippen LogP contribution < -0.4 is 4.74 Å². The lowest BCUT2D eigenvalue weighted by molar-refractivity contribution is -0.141. The number of carbonyl (C=O) groups excluding carboxylic acids is 1. The molecule has 2 aromatic rings. The summed E-state index contributed by atoms with van der Waals surface area (Å²) in [5.74, 6) is 1.35. The molecule has 0 aliphatic carbocycles. The maximum atomic E-state index is 12.6. The van der Waals surface area contributed by atoms with E-state index in [1.807, 2.05) is 17.0 Å². The number of halogens is 1. The van der Waals surface area contributed by atoms with Gasteiger partial charge in [0.25, 0.3) is 0 Å². The van der Waals surface area contributed by atoms with E-state index in [0.717, 1.165) is 17.0 Å². The van der Waals surface area contributed by atoms with Gasteiger partial charge >= 0.3 is 0 Å². The SMILES string of the molecule is O=C(C1COc2ccc(Cl)cc2C1)N1CC(c2cc(CO)on2)C1. The summed E-state index contributed by atoms with van der Waals surface area (Å²) in [4.78, 5) is 14.5. The molecule has 1 N–H and O–H groups in total. The second kappa shape index (κ2) is 6.11. The number of amides is 1. The van der Waals surface area contributed by atoms with Crippen molar-refractivity contribution < 1.29 is 19.2 Å². The highest BCUT2D eigenvalue weighted by Gasteiger charge is 2.38. The highest BCUT2D eigenvalue weighted by atomic mass is 35.5. The lowest BCUT2D eigenvalue weighted by Crippen LogP contribution is -2.52. The molecule has 3 heterocycles. The topological polar surface area (TPSA) is 75.8 Å². The van der Waals surface area contributed by atoms with Gasteiger partial charge in [0.2, 0.25) is 5.91 Å².